The summed E-state index contributed by atoms with van der Waals surface area (Å²) in [6, 6.07) is 3.63. The highest BCUT2D eigenvalue weighted by atomic mass is 35.5. The van der Waals surface area contributed by atoms with Crippen LogP contribution in [0.15, 0.2) is 23.2 Å². The Hall–Kier alpha value is -0.890. The molecule has 2 nitrogen and oxygen atoms in total. The van der Waals surface area contributed by atoms with Crippen molar-refractivity contribution in [3.8, 4) is 0 Å². The first-order valence-electron chi connectivity index (χ1n) is 3.30. The molecule has 0 spiro atoms. The minimum atomic E-state index is -0.840. The van der Waals surface area contributed by atoms with E-state index < -0.39 is 10.7 Å². The van der Waals surface area contributed by atoms with Crippen LogP contribution in [-0.4, -0.2) is 6.08 Å². The zero-order valence-corrected chi connectivity index (χ0v) is 7.81. The lowest BCUT2D eigenvalue weighted by Crippen LogP contribution is -1.84. The van der Waals surface area contributed by atoms with Gasteiger partial charge in [-0.15, -0.1) is 0 Å². The van der Waals surface area contributed by atoms with Crippen LogP contribution in [0.3, 0.4) is 0 Å². The van der Waals surface area contributed by atoms with Gasteiger partial charge in [-0.1, -0.05) is 29.3 Å². The summed E-state index contributed by atoms with van der Waals surface area (Å²) in [6.45, 7) is 0. The Balaban J connectivity index is 3.26. The lowest BCUT2D eigenvalue weighted by Gasteiger charge is -2.03. The van der Waals surface area contributed by atoms with Crippen molar-refractivity contribution in [2.75, 3.05) is 0 Å². The second kappa shape index (κ2) is 4.38. The van der Waals surface area contributed by atoms with E-state index in [-0.39, 0.29) is 5.69 Å². The van der Waals surface area contributed by atoms with Crippen molar-refractivity contribution in [1.29, 1.82) is 0 Å². The van der Waals surface area contributed by atoms with Gasteiger partial charge in [0.1, 0.15) is 10.7 Å². The van der Waals surface area contributed by atoms with Gasteiger partial charge in [0.2, 0.25) is 6.08 Å². The smallest absolute Gasteiger partial charge is 0.211 e. The molecule has 0 bridgehead atoms. The Bertz CT molecular complexity index is 361. The molecule has 0 aliphatic rings. The fourth-order valence-corrected chi connectivity index (χ4v) is 1.22. The molecule has 0 amide bonds. The third kappa shape index (κ3) is 2.52. The van der Waals surface area contributed by atoms with Crippen LogP contribution in [0, 0.1) is 5.82 Å². The number of halogens is 3. The second-order valence-electron chi connectivity index (χ2n) is 2.21. The first-order valence-corrected chi connectivity index (χ1v) is 4.18. The lowest BCUT2D eigenvalue weighted by atomic mass is 10.2. The van der Waals surface area contributed by atoms with Crippen molar-refractivity contribution in [2.24, 2.45) is 4.99 Å². The summed E-state index contributed by atoms with van der Waals surface area (Å²) in [4.78, 5) is 12.4. The molecule has 0 aliphatic heterocycles. The normalized spacial score (nSPS) is 9.85. The maximum atomic E-state index is 12.7. The molecule has 5 heteroatoms. The molecule has 0 heterocycles. The van der Waals surface area contributed by atoms with Crippen molar-refractivity contribution in [3.63, 3.8) is 0 Å². The van der Waals surface area contributed by atoms with Gasteiger partial charge in [-0.2, -0.15) is 4.99 Å². The van der Waals surface area contributed by atoms with Gasteiger partial charge < -0.3 is 0 Å². The molecule has 0 atom stereocenters. The number of alkyl halides is 2. The second-order valence-corrected chi connectivity index (χ2v) is 3.30. The number of rotatable bonds is 2. The fourth-order valence-electron chi connectivity index (χ4n) is 0.847. The summed E-state index contributed by atoms with van der Waals surface area (Å²) in [5.74, 6) is -0.508. The summed E-state index contributed by atoms with van der Waals surface area (Å²) < 4.78 is 12.7. The van der Waals surface area contributed by atoms with Crippen LogP contribution in [0.5, 0.6) is 0 Å². The number of aliphatic imine (C=N–C) groups is 1. The maximum absolute atomic E-state index is 12.7. The van der Waals surface area contributed by atoms with Crippen molar-refractivity contribution < 1.29 is 9.18 Å². The summed E-state index contributed by atoms with van der Waals surface area (Å²) in [7, 11) is 0. The number of hydrogen-bond acceptors (Lipinski definition) is 2. The van der Waals surface area contributed by atoms with Crippen LogP contribution in [-0.2, 0) is 4.79 Å². The highest BCUT2D eigenvalue weighted by Crippen LogP contribution is 2.32. The Kier molecular flexibility index (Phi) is 3.43. The Morgan fingerprint density at radius 3 is 2.69 bits per heavy atom. The number of carbonyl (C=O) groups excluding carboxylic acids is 1. The van der Waals surface area contributed by atoms with Gasteiger partial charge in [-0.05, 0) is 6.07 Å². The SMILES string of the molecule is O=C=Nc1cc(F)ccc1C(Cl)Cl. The predicted molar refractivity (Wildman–Crippen MR) is 48.6 cm³/mol. The molecule has 0 saturated heterocycles. The fraction of sp³-hybridized carbons (Fsp3) is 0.125. The highest BCUT2D eigenvalue weighted by molar-refractivity contribution is 6.44. The largest absolute Gasteiger partial charge is 0.240 e. The summed E-state index contributed by atoms with van der Waals surface area (Å²) in [5.41, 5.74) is 0.484. The Morgan fingerprint density at radius 2 is 2.15 bits per heavy atom. The topological polar surface area (TPSA) is 29.4 Å². The molecular formula is C8H4Cl2FNO. The molecule has 68 valence electrons. The van der Waals surface area contributed by atoms with Crippen LogP contribution >= 0.6 is 23.2 Å². The first-order chi connectivity index (χ1) is 6.15. The quantitative estimate of drug-likeness (QED) is 0.427. The van der Waals surface area contributed by atoms with E-state index in [2.05, 4.69) is 4.99 Å². The van der Waals surface area contributed by atoms with Crippen molar-refractivity contribution in [1.82, 2.24) is 0 Å². The van der Waals surface area contributed by atoms with E-state index in [4.69, 9.17) is 23.2 Å². The van der Waals surface area contributed by atoms with Gasteiger partial charge in [0.05, 0.1) is 5.69 Å². The molecule has 0 unspecified atom stereocenters. The van der Waals surface area contributed by atoms with Crippen molar-refractivity contribution in [3.05, 3.63) is 29.6 Å². The minimum Gasteiger partial charge on any atom is -0.211 e. The Labute approximate surface area is 84.0 Å². The van der Waals surface area contributed by atoms with E-state index in [1.54, 1.807) is 0 Å². The lowest BCUT2D eigenvalue weighted by molar-refractivity contribution is 0.565. The van der Waals surface area contributed by atoms with Gasteiger partial charge >= 0.3 is 0 Å². The molecule has 1 aromatic carbocycles. The maximum Gasteiger partial charge on any atom is 0.240 e. The summed E-state index contributed by atoms with van der Waals surface area (Å²) in [5, 5.41) is 0. The number of isocyanates is 1. The summed E-state index contributed by atoms with van der Waals surface area (Å²) in [6.07, 6.45) is 1.30. The van der Waals surface area contributed by atoms with E-state index in [0.717, 1.165) is 6.07 Å². The zero-order chi connectivity index (χ0) is 9.84. The van der Waals surface area contributed by atoms with E-state index in [1.807, 2.05) is 0 Å². The predicted octanol–water partition coefficient (Wildman–Crippen LogP) is 3.27. The van der Waals surface area contributed by atoms with E-state index >= 15 is 0 Å². The first kappa shape index (κ1) is 10.2. The van der Waals surface area contributed by atoms with Crippen molar-refractivity contribution in [2.45, 2.75) is 4.84 Å². The molecule has 1 rings (SSSR count). The standard InChI is InChI=1S/C8H4Cl2FNO/c9-8(10)6-2-1-5(11)3-7(6)12-4-13/h1-3,8H. The molecule has 1 aromatic rings. The molecule has 0 fully saturated rings. The van der Waals surface area contributed by atoms with Crippen LogP contribution < -0.4 is 0 Å². The monoisotopic (exact) mass is 219 g/mol. The van der Waals surface area contributed by atoms with Crippen LogP contribution in [0.4, 0.5) is 10.1 Å². The molecule has 0 N–H and O–H groups in total. The molecule has 0 saturated carbocycles. The number of hydrogen-bond donors (Lipinski definition) is 0. The van der Waals surface area contributed by atoms with Gasteiger partial charge in [-0.3, -0.25) is 0 Å². The molecule has 0 aliphatic carbocycles. The van der Waals surface area contributed by atoms with Gasteiger partial charge in [-0.25, -0.2) is 9.18 Å². The average molecular weight is 220 g/mol. The third-order valence-electron chi connectivity index (χ3n) is 1.39. The minimum absolute atomic E-state index is 0.102. The van der Waals surface area contributed by atoms with Gasteiger partial charge in [0, 0.05) is 11.6 Å². The van der Waals surface area contributed by atoms with Crippen LogP contribution in [0.25, 0.3) is 0 Å². The zero-order valence-electron chi connectivity index (χ0n) is 6.30. The Morgan fingerprint density at radius 1 is 1.46 bits per heavy atom. The van der Waals surface area contributed by atoms with Crippen molar-refractivity contribution >= 4 is 35.0 Å². The number of benzene rings is 1. The van der Waals surface area contributed by atoms with Gasteiger partial charge in [0.15, 0.2) is 0 Å². The molecule has 13 heavy (non-hydrogen) atoms. The highest BCUT2D eigenvalue weighted by Gasteiger charge is 2.09. The summed E-state index contributed by atoms with van der Waals surface area (Å²) >= 11 is 11.1. The average Bonchev–Trinajstić information content (AvgIpc) is 2.04. The molecular weight excluding hydrogens is 216 g/mol. The molecule has 0 radical (unpaired) electrons. The third-order valence-corrected chi connectivity index (χ3v) is 1.86. The molecule has 0 aromatic heterocycles. The van der Waals surface area contributed by atoms with E-state index in [0.29, 0.717) is 5.56 Å². The van der Waals surface area contributed by atoms with Gasteiger partial charge in [0.25, 0.3) is 0 Å². The van der Waals surface area contributed by atoms with E-state index in [9.17, 15) is 9.18 Å². The van der Waals surface area contributed by atoms with Crippen LogP contribution in [0.2, 0.25) is 0 Å². The van der Waals surface area contributed by atoms with E-state index in [1.165, 1.54) is 18.2 Å². The van der Waals surface area contributed by atoms with Crippen LogP contribution in [0.1, 0.15) is 10.4 Å². The number of nitrogens with zero attached hydrogens (tertiary/aromatic N) is 1.